The fourth-order valence-electron chi connectivity index (χ4n) is 2.63. The molecular weight excluding hydrogens is 348 g/mol. The number of hydrogen-bond acceptors (Lipinski definition) is 5. The van der Waals surface area contributed by atoms with Crippen LogP contribution in [0.1, 0.15) is 12.0 Å². The van der Waals surface area contributed by atoms with Gasteiger partial charge in [-0.05, 0) is 36.5 Å². The summed E-state index contributed by atoms with van der Waals surface area (Å²) >= 11 is 0. The highest BCUT2D eigenvalue weighted by Crippen LogP contribution is 2.22. The highest BCUT2D eigenvalue weighted by atomic mass is 32.2. The van der Waals surface area contributed by atoms with Gasteiger partial charge in [-0.1, -0.05) is 12.1 Å². The minimum Gasteiger partial charge on any atom is -0.497 e. The van der Waals surface area contributed by atoms with Gasteiger partial charge in [0, 0.05) is 13.1 Å². The van der Waals surface area contributed by atoms with E-state index in [0.29, 0.717) is 19.0 Å². The van der Waals surface area contributed by atoms with Crippen molar-refractivity contribution >= 4 is 22.4 Å². The van der Waals surface area contributed by atoms with Crippen LogP contribution < -0.4 is 9.46 Å². The Balaban J connectivity index is 0.000000970. The Bertz CT molecular complexity index is 660. The Morgan fingerprint density at radius 3 is 2.52 bits per heavy atom. The number of nitrogens with zero attached hydrogens (tertiary/aromatic N) is 1. The number of methoxy groups -OCH3 is 1. The third kappa shape index (κ3) is 7.99. The Labute approximate surface area is 147 Å². The van der Waals surface area contributed by atoms with Crippen LogP contribution in [-0.4, -0.2) is 63.8 Å². The van der Waals surface area contributed by atoms with Crippen molar-refractivity contribution in [2.75, 3.05) is 33.0 Å². The molecule has 1 fully saturated rings. The van der Waals surface area contributed by atoms with Gasteiger partial charge in [-0.2, -0.15) is 0 Å². The lowest BCUT2D eigenvalue weighted by Crippen LogP contribution is -2.38. The summed E-state index contributed by atoms with van der Waals surface area (Å²) in [5.41, 5.74) is 1.22. The zero-order valence-corrected chi connectivity index (χ0v) is 15.2. The van der Waals surface area contributed by atoms with E-state index in [-0.39, 0.29) is 18.9 Å². The Morgan fingerprint density at radius 2 is 2.00 bits per heavy atom. The van der Waals surface area contributed by atoms with Crippen LogP contribution in [0, 0.1) is 5.92 Å². The van der Waals surface area contributed by atoms with Crippen molar-refractivity contribution in [1.29, 1.82) is 0 Å². The van der Waals surface area contributed by atoms with Crippen molar-refractivity contribution in [3.8, 4) is 5.75 Å². The van der Waals surface area contributed by atoms with Crippen LogP contribution in [0.2, 0.25) is 0 Å². The predicted molar refractivity (Wildman–Crippen MR) is 92.9 cm³/mol. The third-order valence-electron chi connectivity index (χ3n) is 3.81. The van der Waals surface area contributed by atoms with Crippen molar-refractivity contribution < 1.29 is 27.9 Å². The van der Waals surface area contributed by atoms with Crippen LogP contribution in [0.5, 0.6) is 5.75 Å². The summed E-state index contributed by atoms with van der Waals surface area (Å²) in [6.45, 7) is 0.954. The van der Waals surface area contributed by atoms with Crippen LogP contribution in [0.3, 0.4) is 0 Å². The fraction of sp³-hybridized carbons (Fsp3) is 0.500. The molecule has 0 bridgehead atoms. The molecule has 1 aliphatic heterocycles. The van der Waals surface area contributed by atoms with Crippen LogP contribution in [0.4, 0.5) is 0 Å². The fourth-order valence-corrected chi connectivity index (χ4v) is 3.01. The maximum Gasteiger partial charge on any atom is 0.290 e. The standard InChI is InChI=1S/C15H22N2O4S.CH2O2/c1-21-14-5-3-12(4-6-14)9-13-7-8-17(11-13)15(18)10-16-22(2,19)20;2-1-3/h3-6,13,16H,7-11H2,1-2H3;1H,(H,2,3). The van der Waals surface area contributed by atoms with Gasteiger partial charge in [0.25, 0.3) is 6.47 Å². The van der Waals surface area contributed by atoms with Gasteiger partial charge in [-0.3, -0.25) is 9.59 Å². The maximum atomic E-state index is 12.0. The zero-order chi connectivity index (χ0) is 18.9. The first-order valence-electron chi connectivity index (χ1n) is 7.72. The van der Waals surface area contributed by atoms with Crippen molar-refractivity contribution in [3.05, 3.63) is 29.8 Å². The van der Waals surface area contributed by atoms with E-state index in [2.05, 4.69) is 4.72 Å². The molecule has 140 valence electrons. The molecule has 25 heavy (non-hydrogen) atoms. The van der Waals surface area contributed by atoms with Gasteiger partial charge >= 0.3 is 0 Å². The summed E-state index contributed by atoms with van der Waals surface area (Å²) in [6, 6.07) is 7.94. The van der Waals surface area contributed by atoms with Crippen LogP contribution in [0.25, 0.3) is 0 Å². The van der Waals surface area contributed by atoms with Crippen molar-refractivity contribution in [3.63, 3.8) is 0 Å². The van der Waals surface area contributed by atoms with Crippen LogP contribution in [-0.2, 0) is 26.0 Å². The van der Waals surface area contributed by atoms with Crippen LogP contribution >= 0.6 is 0 Å². The molecule has 1 amide bonds. The summed E-state index contributed by atoms with van der Waals surface area (Å²) < 4.78 is 29.4. The molecule has 9 heteroatoms. The minimum atomic E-state index is -3.33. The zero-order valence-electron chi connectivity index (χ0n) is 14.3. The molecule has 1 saturated heterocycles. The lowest BCUT2D eigenvalue weighted by atomic mass is 9.99. The number of carboxylic acid groups (broad SMARTS) is 1. The molecule has 1 atom stereocenters. The number of carbonyl (C=O) groups is 2. The Kier molecular flexibility index (Phi) is 8.36. The topological polar surface area (TPSA) is 113 Å². The molecule has 0 aliphatic carbocycles. The molecular formula is C16H24N2O6S. The van der Waals surface area contributed by atoms with E-state index in [9.17, 15) is 13.2 Å². The second kappa shape index (κ2) is 10.00. The van der Waals surface area contributed by atoms with Crippen molar-refractivity contribution in [1.82, 2.24) is 9.62 Å². The summed E-state index contributed by atoms with van der Waals surface area (Å²) in [7, 11) is -1.69. The van der Waals surface area contributed by atoms with Gasteiger partial charge in [0.15, 0.2) is 0 Å². The van der Waals surface area contributed by atoms with Gasteiger partial charge in [-0.25, -0.2) is 13.1 Å². The normalized spacial score (nSPS) is 16.7. The molecule has 2 N–H and O–H groups in total. The summed E-state index contributed by atoms with van der Waals surface area (Å²) in [6.07, 6.45) is 2.90. The Morgan fingerprint density at radius 1 is 1.40 bits per heavy atom. The van der Waals surface area contributed by atoms with E-state index < -0.39 is 10.0 Å². The number of carbonyl (C=O) groups excluding carboxylic acids is 1. The largest absolute Gasteiger partial charge is 0.497 e. The molecule has 0 saturated carbocycles. The SMILES string of the molecule is COc1ccc(CC2CCN(C(=O)CNS(C)(=O)=O)C2)cc1.O=CO. The minimum absolute atomic E-state index is 0.159. The number of likely N-dealkylation sites (tertiary alicyclic amines) is 1. The van der Waals surface area contributed by atoms with Gasteiger partial charge < -0.3 is 14.7 Å². The molecule has 0 spiro atoms. The van der Waals surface area contributed by atoms with E-state index in [1.165, 1.54) is 5.56 Å². The number of benzene rings is 1. The average molecular weight is 372 g/mol. The van der Waals surface area contributed by atoms with E-state index in [1.807, 2.05) is 24.3 Å². The smallest absolute Gasteiger partial charge is 0.290 e. The van der Waals surface area contributed by atoms with E-state index in [1.54, 1.807) is 12.0 Å². The summed E-state index contributed by atoms with van der Waals surface area (Å²) in [5, 5.41) is 6.89. The van der Waals surface area contributed by atoms with E-state index in [4.69, 9.17) is 14.6 Å². The van der Waals surface area contributed by atoms with Gasteiger partial charge in [0.2, 0.25) is 15.9 Å². The van der Waals surface area contributed by atoms with Crippen LogP contribution in [0.15, 0.2) is 24.3 Å². The number of sulfonamides is 1. The van der Waals surface area contributed by atoms with Crippen molar-refractivity contribution in [2.24, 2.45) is 5.92 Å². The molecule has 1 aromatic rings. The molecule has 1 aliphatic rings. The number of rotatable bonds is 6. The maximum absolute atomic E-state index is 12.0. The van der Waals surface area contributed by atoms with Crippen molar-refractivity contribution in [2.45, 2.75) is 12.8 Å². The molecule has 0 radical (unpaired) electrons. The number of hydrogen-bond donors (Lipinski definition) is 2. The third-order valence-corrected chi connectivity index (χ3v) is 4.48. The molecule has 2 rings (SSSR count). The molecule has 1 aromatic carbocycles. The first kappa shape index (κ1) is 20.9. The molecule has 1 heterocycles. The van der Waals surface area contributed by atoms with Gasteiger partial charge in [-0.15, -0.1) is 0 Å². The first-order valence-corrected chi connectivity index (χ1v) is 9.61. The molecule has 8 nitrogen and oxygen atoms in total. The predicted octanol–water partition coefficient (Wildman–Crippen LogP) is 0.336. The van der Waals surface area contributed by atoms with E-state index in [0.717, 1.165) is 24.8 Å². The lowest BCUT2D eigenvalue weighted by Gasteiger charge is -2.16. The number of ether oxygens (including phenoxy) is 1. The highest BCUT2D eigenvalue weighted by Gasteiger charge is 2.26. The Hall–Kier alpha value is -2.13. The molecule has 1 unspecified atom stereocenters. The van der Waals surface area contributed by atoms with E-state index >= 15 is 0 Å². The summed E-state index contributed by atoms with van der Waals surface area (Å²) in [5.74, 6) is 1.08. The second-order valence-corrected chi connectivity index (χ2v) is 7.58. The highest BCUT2D eigenvalue weighted by molar-refractivity contribution is 7.88. The lowest BCUT2D eigenvalue weighted by molar-refractivity contribution is -0.129. The summed E-state index contributed by atoms with van der Waals surface area (Å²) in [4.78, 5) is 22.0. The number of amides is 1. The monoisotopic (exact) mass is 372 g/mol. The van der Waals surface area contributed by atoms with Gasteiger partial charge in [0.05, 0.1) is 19.9 Å². The number of nitrogens with one attached hydrogen (secondary N) is 1. The van der Waals surface area contributed by atoms with Gasteiger partial charge in [0.1, 0.15) is 5.75 Å². The average Bonchev–Trinajstić information content (AvgIpc) is 3.02. The quantitative estimate of drug-likeness (QED) is 0.696. The first-order chi connectivity index (χ1) is 11.8. The molecule has 0 aromatic heterocycles. The second-order valence-electron chi connectivity index (χ2n) is 5.75.